The van der Waals surface area contributed by atoms with Gasteiger partial charge in [-0.3, -0.25) is 9.48 Å². The van der Waals surface area contributed by atoms with Crippen LogP contribution >= 0.6 is 15.9 Å². The molecule has 10 heteroatoms. The fraction of sp³-hybridized carbons (Fsp3) is 0.273. The zero-order valence-electron chi connectivity index (χ0n) is 17.7. The number of carbonyl (C=O) groups excluding carboxylic acids is 1. The molecule has 0 saturated carbocycles. The first-order chi connectivity index (χ1) is 15.2. The van der Waals surface area contributed by atoms with Gasteiger partial charge < -0.3 is 5.32 Å². The van der Waals surface area contributed by atoms with Crippen molar-refractivity contribution < 1.29 is 13.6 Å². The van der Waals surface area contributed by atoms with Crippen LogP contribution in [-0.2, 0) is 17.9 Å². The van der Waals surface area contributed by atoms with Crippen molar-refractivity contribution in [1.29, 1.82) is 0 Å². The van der Waals surface area contributed by atoms with Gasteiger partial charge in [0.25, 0.3) is 6.43 Å². The van der Waals surface area contributed by atoms with Gasteiger partial charge >= 0.3 is 0 Å². The molecule has 0 spiro atoms. The summed E-state index contributed by atoms with van der Waals surface area (Å²) >= 11 is 3.42. The third kappa shape index (κ3) is 4.55. The van der Waals surface area contributed by atoms with Crippen LogP contribution in [0.2, 0.25) is 0 Å². The summed E-state index contributed by atoms with van der Waals surface area (Å²) in [5.41, 5.74) is 3.23. The second-order valence-corrected chi connectivity index (χ2v) is 8.51. The molecule has 0 fully saturated rings. The summed E-state index contributed by atoms with van der Waals surface area (Å²) in [6.45, 7) is 5.66. The van der Waals surface area contributed by atoms with Crippen molar-refractivity contribution in [3.05, 3.63) is 69.1 Å². The van der Waals surface area contributed by atoms with Crippen molar-refractivity contribution in [2.75, 3.05) is 5.32 Å². The number of hydrogen-bond acceptors (Lipinski definition) is 4. The lowest BCUT2D eigenvalue weighted by atomic mass is 10.1. The van der Waals surface area contributed by atoms with E-state index in [1.54, 1.807) is 24.7 Å². The molecule has 4 rings (SSSR count). The van der Waals surface area contributed by atoms with Crippen LogP contribution in [0.5, 0.6) is 0 Å². The van der Waals surface area contributed by atoms with Crippen LogP contribution in [0, 0.1) is 20.8 Å². The van der Waals surface area contributed by atoms with Gasteiger partial charge in [-0.15, -0.1) is 0 Å². The van der Waals surface area contributed by atoms with Gasteiger partial charge in [0.2, 0.25) is 5.91 Å². The van der Waals surface area contributed by atoms with Crippen LogP contribution in [-0.4, -0.2) is 30.5 Å². The molecule has 0 aliphatic heterocycles. The molecule has 0 unspecified atom stereocenters. The highest BCUT2D eigenvalue weighted by Gasteiger charge is 2.21. The van der Waals surface area contributed by atoms with Crippen molar-refractivity contribution in [2.24, 2.45) is 0 Å². The summed E-state index contributed by atoms with van der Waals surface area (Å²) in [7, 11) is 0. The van der Waals surface area contributed by atoms with E-state index in [-0.39, 0.29) is 23.1 Å². The fourth-order valence-corrected chi connectivity index (χ4v) is 3.97. The topological polar surface area (TPSA) is 77.6 Å². The zero-order chi connectivity index (χ0) is 23.0. The maximum atomic E-state index is 13.5. The predicted octanol–water partition coefficient (Wildman–Crippen LogP) is 4.94. The Balaban J connectivity index is 1.53. The van der Waals surface area contributed by atoms with E-state index in [1.807, 2.05) is 31.2 Å². The largest absolute Gasteiger partial charge is 0.307 e. The van der Waals surface area contributed by atoms with E-state index in [0.717, 1.165) is 5.56 Å². The Kier molecular flexibility index (Phi) is 6.05. The third-order valence-corrected chi connectivity index (χ3v) is 5.58. The van der Waals surface area contributed by atoms with Gasteiger partial charge in [0.1, 0.15) is 6.54 Å². The molecule has 1 aromatic carbocycles. The van der Waals surface area contributed by atoms with E-state index in [9.17, 15) is 13.6 Å². The second kappa shape index (κ2) is 8.78. The summed E-state index contributed by atoms with van der Waals surface area (Å²) in [4.78, 5) is 17.0. The van der Waals surface area contributed by atoms with Crippen molar-refractivity contribution in [2.45, 2.75) is 40.3 Å². The molecule has 4 aromatic rings. The first-order valence-corrected chi connectivity index (χ1v) is 10.7. The number of aromatic nitrogens is 5. The zero-order valence-corrected chi connectivity index (χ0v) is 19.3. The Morgan fingerprint density at radius 1 is 1.16 bits per heavy atom. The average Bonchev–Trinajstić information content (AvgIpc) is 3.22. The van der Waals surface area contributed by atoms with E-state index in [2.05, 4.69) is 36.4 Å². The Morgan fingerprint density at radius 3 is 2.56 bits per heavy atom. The first kappa shape index (κ1) is 22.1. The predicted molar refractivity (Wildman–Crippen MR) is 121 cm³/mol. The summed E-state index contributed by atoms with van der Waals surface area (Å²) in [6.07, 6.45) is -0.874. The van der Waals surface area contributed by atoms with Gasteiger partial charge in [0, 0.05) is 17.5 Å². The van der Waals surface area contributed by atoms with Crippen LogP contribution in [0.4, 0.5) is 14.6 Å². The van der Waals surface area contributed by atoms with Crippen molar-refractivity contribution >= 4 is 38.7 Å². The number of fused-ring (bicyclic) bond motifs is 1. The molecule has 0 bridgehead atoms. The van der Waals surface area contributed by atoms with Crippen LogP contribution in [0.15, 0.2) is 41.0 Å². The van der Waals surface area contributed by atoms with E-state index in [1.165, 1.54) is 16.3 Å². The Bertz CT molecular complexity index is 1300. The van der Waals surface area contributed by atoms with Crippen molar-refractivity contribution in [1.82, 2.24) is 24.5 Å². The molecule has 1 N–H and O–H groups in total. The van der Waals surface area contributed by atoms with Gasteiger partial charge in [-0.2, -0.15) is 10.2 Å². The third-order valence-electron chi connectivity index (χ3n) is 5.00. The normalized spacial score (nSPS) is 11.5. The number of halogens is 3. The Labute approximate surface area is 191 Å². The lowest BCUT2D eigenvalue weighted by molar-refractivity contribution is -0.116. The molecule has 0 radical (unpaired) electrons. The standard InChI is InChI=1S/C22H21BrF2N6O/c1-12-4-6-15(7-5-12)9-30-10-17(23)21(29-30)27-18(32)11-31-22-19(14(3)28-31)16(20(24)25)8-13(2)26-22/h4-8,10,20H,9,11H2,1-3H3,(H,27,29,32). The molecule has 0 saturated heterocycles. The molecular formula is C22H21BrF2N6O. The summed E-state index contributed by atoms with van der Waals surface area (Å²) < 4.78 is 30.7. The highest BCUT2D eigenvalue weighted by atomic mass is 79.9. The number of nitrogens with one attached hydrogen (secondary N) is 1. The SMILES string of the molecule is Cc1ccc(Cn2cc(Br)c(NC(=O)Cn3nc(C)c4c(C(F)F)cc(C)nc43)n2)cc1. The summed E-state index contributed by atoms with van der Waals surface area (Å²) in [5.74, 6) is -0.0229. The number of amides is 1. The van der Waals surface area contributed by atoms with Gasteiger partial charge in [-0.25, -0.2) is 18.4 Å². The second-order valence-electron chi connectivity index (χ2n) is 7.65. The van der Waals surface area contributed by atoms with Gasteiger partial charge in [0.15, 0.2) is 11.5 Å². The maximum Gasteiger partial charge on any atom is 0.264 e. The number of nitrogens with zero attached hydrogens (tertiary/aromatic N) is 5. The number of anilines is 1. The van der Waals surface area contributed by atoms with Gasteiger partial charge in [-0.05, 0) is 48.3 Å². The number of rotatable bonds is 6. The number of alkyl halides is 2. The smallest absolute Gasteiger partial charge is 0.264 e. The average molecular weight is 503 g/mol. The molecule has 1 amide bonds. The molecule has 7 nitrogen and oxygen atoms in total. The number of hydrogen-bond donors (Lipinski definition) is 1. The molecular weight excluding hydrogens is 482 g/mol. The number of benzene rings is 1. The maximum absolute atomic E-state index is 13.5. The number of pyridine rings is 1. The van der Waals surface area contributed by atoms with E-state index in [4.69, 9.17) is 0 Å². The monoisotopic (exact) mass is 502 g/mol. The minimum Gasteiger partial charge on any atom is -0.307 e. The van der Waals surface area contributed by atoms with Crippen LogP contribution in [0.25, 0.3) is 11.0 Å². The van der Waals surface area contributed by atoms with Crippen LogP contribution in [0.1, 0.15) is 34.5 Å². The molecule has 166 valence electrons. The lowest BCUT2D eigenvalue weighted by Crippen LogP contribution is -2.20. The summed E-state index contributed by atoms with van der Waals surface area (Å²) in [5, 5.41) is 11.7. The molecule has 3 aromatic heterocycles. The fourth-order valence-electron chi connectivity index (χ4n) is 3.55. The highest BCUT2D eigenvalue weighted by molar-refractivity contribution is 9.10. The molecule has 32 heavy (non-hydrogen) atoms. The van der Waals surface area contributed by atoms with E-state index >= 15 is 0 Å². The molecule has 0 atom stereocenters. The Hall–Kier alpha value is -3.14. The summed E-state index contributed by atoms with van der Waals surface area (Å²) in [6, 6.07) is 9.46. The van der Waals surface area contributed by atoms with Gasteiger partial charge in [-0.1, -0.05) is 29.8 Å². The van der Waals surface area contributed by atoms with Crippen molar-refractivity contribution in [3.8, 4) is 0 Å². The Morgan fingerprint density at radius 2 is 1.88 bits per heavy atom. The van der Waals surface area contributed by atoms with Crippen LogP contribution in [0.3, 0.4) is 0 Å². The lowest BCUT2D eigenvalue weighted by Gasteiger charge is -2.07. The molecule has 3 heterocycles. The number of aryl methyl sites for hydroxylation is 3. The van der Waals surface area contributed by atoms with Crippen LogP contribution < -0.4 is 5.32 Å². The minimum absolute atomic E-state index is 0.130. The number of carbonyl (C=O) groups is 1. The quantitative estimate of drug-likeness (QED) is 0.405. The highest BCUT2D eigenvalue weighted by Crippen LogP contribution is 2.30. The first-order valence-electron chi connectivity index (χ1n) is 9.92. The molecule has 0 aliphatic carbocycles. The molecule has 0 aliphatic rings. The minimum atomic E-state index is -2.65. The van der Waals surface area contributed by atoms with E-state index < -0.39 is 12.3 Å². The van der Waals surface area contributed by atoms with Crippen molar-refractivity contribution in [3.63, 3.8) is 0 Å². The van der Waals surface area contributed by atoms with E-state index in [0.29, 0.717) is 28.2 Å². The van der Waals surface area contributed by atoms with Gasteiger partial charge in [0.05, 0.1) is 22.1 Å².